The minimum absolute atomic E-state index is 0.00872. The van der Waals surface area contributed by atoms with Gasteiger partial charge in [0, 0.05) is 31.5 Å². The van der Waals surface area contributed by atoms with Crippen molar-refractivity contribution < 1.29 is 15.3 Å². The van der Waals surface area contributed by atoms with Gasteiger partial charge in [0.05, 0.1) is 12.2 Å². The van der Waals surface area contributed by atoms with E-state index in [0.29, 0.717) is 19.5 Å². The normalized spacial score (nSPS) is 25.7. The zero-order valence-corrected chi connectivity index (χ0v) is 14.0. The third-order valence-corrected chi connectivity index (χ3v) is 5.08. The molecule has 128 valence electrons. The molecule has 4 heteroatoms. The van der Waals surface area contributed by atoms with Crippen molar-refractivity contribution in [3.63, 3.8) is 0 Å². The van der Waals surface area contributed by atoms with Crippen LogP contribution in [0.15, 0.2) is 54.6 Å². The van der Waals surface area contributed by atoms with E-state index in [1.807, 2.05) is 49.4 Å². The minimum atomic E-state index is -0.901. The number of likely N-dealkylation sites (tertiary alicyclic amines) is 1. The van der Waals surface area contributed by atoms with E-state index in [2.05, 4.69) is 4.90 Å². The lowest BCUT2D eigenvalue weighted by Crippen LogP contribution is -2.41. The molecule has 0 spiro atoms. The number of aliphatic hydroxyl groups is 2. The number of benzene rings is 2. The van der Waals surface area contributed by atoms with Crippen LogP contribution in [0.1, 0.15) is 24.0 Å². The Bertz CT molecular complexity index is 658. The number of rotatable bonds is 5. The second-order valence-corrected chi connectivity index (χ2v) is 6.87. The van der Waals surface area contributed by atoms with Gasteiger partial charge in [-0.15, -0.1) is 0 Å². The fraction of sp³-hybridized carbons (Fsp3) is 0.400. The van der Waals surface area contributed by atoms with Crippen LogP contribution in [0.25, 0.3) is 0 Å². The summed E-state index contributed by atoms with van der Waals surface area (Å²) in [6.07, 6.45) is 0.564. The van der Waals surface area contributed by atoms with Crippen molar-refractivity contribution in [2.45, 2.75) is 30.9 Å². The van der Waals surface area contributed by atoms with E-state index in [1.54, 1.807) is 12.1 Å². The van der Waals surface area contributed by atoms with E-state index in [9.17, 15) is 15.3 Å². The fourth-order valence-corrected chi connectivity index (χ4v) is 3.63. The summed E-state index contributed by atoms with van der Waals surface area (Å²) in [5.74, 6) is 0.163. The van der Waals surface area contributed by atoms with Crippen LogP contribution in [0.5, 0.6) is 5.75 Å². The van der Waals surface area contributed by atoms with Gasteiger partial charge in [0.1, 0.15) is 5.75 Å². The largest absolute Gasteiger partial charge is 0.508 e. The molecule has 1 heterocycles. The zero-order valence-electron chi connectivity index (χ0n) is 14.0. The van der Waals surface area contributed by atoms with Crippen molar-refractivity contribution >= 4 is 0 Å². The predicted molar refractivity (Wildman–Crippen MR) is 94.1 cm³/mol. The highest BCUT2D eigenvalue weighted by Crippen LogP contribution is 2.39. The molecular formula is C20H25NO3. The quantitative estimate of drug-likeness (QED) is 0.787. The molecule has 1 aliphatic rings. The molecule has 4 nitrogen and oxygen atoms in total. The maximum atomic E-state index is 11.5. The average Bonchev–Trinajstić information content (AvgIpc) is 2.93. The third kappa shape index (κ3) is 3.46. The summed E-state index contributed by atoms with van der Waals surface area (Å²) in [5, 5.41) is 30.5. The molecule has 0 bridgehead atoms. The first-order valence-corrected chi connectivity index (χ1v) is 8.42. The van der Waals surface area contributed by atoms with Crippen molar-refractivity contribution in [2.24, 2.45) is 0 Å². The van der Waals surface area contributed by atoms with Crippen LogP contribution >= 0.6 is 0 Å². The molecule has 1 fully saturated rings. The Morgan fingerprint density at radius 2 is 1.79 bits per heavy atom. The Balaban J connectivity index is 1.91. The highest BCUT2D eigenvalue weighted by molar-refractivity contribution is 5.33. The molecule has 24 heavy (non-hydrogen) atoms. The molecule has 3 atom stereocenters. The van der Waals surface area contributed by atoms with Crippen LogP contribution in [0.4, 0.5) is 0 Å². The first kappa shape index (κ1) is 17.0. The number of aromatic hydroxyl groups is 1. The van der Waals surface area contributed by atoms with E-state index < -0.39 is 5.60 Å². The van der Waals surface area contributed by atoms with Crippen LogP contribution in [-0.2, 0) is 6.42 Å². The molecule has 2 aromatic carbocycles. The Kier molecular flexibility index (Phi) is 4.90. The summed E-state index contributed by atoms with van der Waals surface area (Å²) >= 11 is 0. The molecule has 3 unspecified atom stereocenters. The van der Waals surface area contributed by atoms with Gasteiger partial charge in [0.25, 0.3) is 0 Å². The first-order chi connectivity index (χ1) is 11.5. The molecule has 0 amide bonds. The van der Waals surface area contributed by atoms with E-state index >= 15 is 0 Å². The molecule has 2 aromatic rings. The van der Waals surface area contributed by atoms with Crippen molar-refractivity contribution in [1.29, 1.82) is 0 Å². The first-order valence-electron chi connectivity index (χ1n) is 8.42. The highest BCUT2D eigenvalue weighted by Gasteiger charge is 2.46. The van der Waals surface area contributed by atoms with E-state index in [4.69, 9.17) is 0 Å². The van der Waals surface area contributed by atoms with Crippen molar-refractivity contribution in [1.82, 2.24) is 4.90 Å². The van der Waals surface area contributed by atoms with Gasteiger partial charge in [-0.2, -0.15) is 0 Å². The van der Waals surface area contributed by atoms with Gasteiger partial charge in [-0.05, 0) is 30.2 Å². The Morgan fingerprint density at radius 3 is 2.42 bits per heavy atom. The van der Waals surface area contributed by atoms with Gasteiger partial charge in [0.2, 0.25) is 0 Å². The molecule has 0 aliphatic carbocycles. The van der Waals surface area contributed by atoms with Gasteiger partial charge in [-0.1, -0.05) is 42.5 Å². The summed E-state index contributed by atoms with van der Waals surface area (Å²) in [6, 6.07) is 17.1. The minimum Gasteiger partial charge on any atom is -0.508 e. The van der Waals surface area contributed by atoms with Gasteiger partial charge in [0.15, 0.2) is 0 Å². The Labute approximate surface area is 143 Å². The second-order valence-electron chi connectivity index (χ2n) is 6.87. The van der Waals surface area contributed by atoms with Crippen LogP contribution in [0.3, 0.4) is 0 Å². The summed E-state index contributed by atoms with van der Waals surface area (Å²) in [4.78, 5) is 2.14. The SMILES string of the molecule is CC(CO)N1CC(c2ccc(O)cc2)C(O)(Cc2ccccc2)C1. The topological polar surface area (TPSA) is 63.9 Å². The third-order valence-electron chi connectivity index (χ3n) is 5.08. The van der Waals surface area contributed by atoms with Crippen molar-refractivity contribution in [3.8, 4) is 5.75 Å². The summed E-state index contributed by atoms with van der Waals surface area (Å²) < 4.78 is 0. The number of aliphatic hydroxyl groups excluding tert-OH is 1. The molecule has 3 rings (SSSR count). The highest BCUT2D eigenvalue weighted by atomic mass is 16.3. The molecule has 1 aliphatic heterocycles. The Hall–Kier alpha value is -1.88. The molecule has 3 N–H and O–H groups in total. The van der Waals surface area contributed by atoms with E-state index in [1.165, 1.54) is 0 Å². The molecule has 1 saturated heterocycles. The monoisotopic (exact) mass is 327 g/mol. The number of hydrogen-bond acceptors (Lipinski definition) is 4. The molecule has 0 aromatic heterocycles. The summed E-state index contributed by atoms with van der Waals surface area (Å²) in [7, 11) is 0. The van der Waals surface area contributed by atoms with E-state index in [-0.39, 0.29) is 24.3 Å². The standard InChI is InChI=1S/C20H25NO3/c1-15(13-22)21-12-19(17-7-9-18(23)10-8-17)20(24,14-21)11-16-5-3-2-4-6-16/h2-10,15,19,22-24H,11-14H2,1H3. The number of phenols is 1. The fourth-order valence-electron chi connectivity index (χ4n) is 3.63. The lowest BCUT2D eigenvalue weighted by atomic mass is 9.81. The molecular weight excluding hydrogens is 302 g/mol. The van der Waals surface area contributed by atoms with Gasteiger partial charge >= 0.3 is 0 Å². The van der Waals surface area contributed by atoms with Crippen LogP contribution in [0.2, 0.25) is 0 Å². The Morgan fingerprint density at radius 1 is 1.12 bits per heavy atom. The van der Waals surface area contributed by atoms with Crippen LogP contribution in [0, 0.1) is 0 Å². The maximum absolute atomic E-state index is 11.5. The van der Waals surface area contributed by atoms with Gasteiger partial charge < -0.3 is 15.3 Å². The average molecular weight is 327 g/mol. The summed E-state index contributed by atoms with van der Waals surface area (Å²) in [5.41, 5.74) is 1.21. The summed E-state index contributed by atoms with van der Waals surface area (Å²) in [6.45, 7) is 3.26. The van der Waals surface area contributed by atoms with Crippen molar-refractivity contribution in [3.05, 3.63) is 65.7 Å². The number of β-amino-alcohol motifs (C(OH)–C–C–N with tert-alkyl or cyclic N) is 1. The van der Waals surface area contributed by atoms with Crippen LogP contribution < -0.4 is 0 Å². The van der Waals surface area contributed by atoms with Crippen molar-refractivity contribution in [2.75, 3.05) is 19.7 Å². The maximum Gasteiger partial charge on any atom is 0.115 e. The number of nitrogens with zero attached hydrogens (tertiary/aromatic N) is 1. The molecule has 0 radical (unpaired) electrons. The lowest BCUT2D eigenvalue weighted by Gasteiger charge is -2.30. The smallest absolute Gasteiger partial charge is 0.115 e. The number of hydrogen-bond donors (Lipinski definition) is 3. The van der Waals surface area contributed by atoms with E-state index in [0.717, 1.165) is 11.1 Å². The van der Waals surface area contributed by atoms with Gasteiger partial charge in [-0.3, -0.25) is 4.90 Å². The molecule has 0 saturated carbocycles. The number of phenolic OH excluding ortho intramolecular Hbond substituents is 1. The second kappa shape index (κ2) is 6.93. The lowest BCUT2D eigenvalue weighted by molar-refractivity contribution is 0.0287. The van der Waals surface area contributed by atoms with Crippen LogP contribution in [-0.4, -0.2) is 51.6 Å². The van der Waals surface area contributed by atoms with Gasteiger partial charge in [-0.25, -0.2) is 0 Å². The predicted octanol–water partition coefficient (Wildman–Crippen LogP) is 2.15. The zero-order chi connectivity index (χ0) is 17.2.